The van der Waals surface area contributed by atoms with E-state index in [4.69, 9.17) is 4.74 Å². The SMILES string of the molecule is Cc1ccc(OCC2CCN(C(=O)c3ccncc3)CC2)cc1. The lowest BCUT2D eigenvalue weighted by Gasteiger charge is -2.32. The van der Waals surface area contributed by atoms with Gasteiger partial charge in [0.05, 0.1) is 6.61 Å². The van der Waals surface area contributed by atoms with E-state index in [1.54, 1.807) is 24.5 Å². The van der Waals surface area contributed by atoms with Gasteiger partial charge in [-0.3, -0.25) is 9.78 Å². The number of aryl methyl sites for hydroxylation is 1. The minimum atomic E-state index is 0.102. The maximum atomic E-state index is 12.4. The minimum absolute atomic E-state index is 0.102. The molecule has 1 aromatic carbocycles. The fraction of sp³-hybridized carbons (Fsp3) is 0.368. The summed E-state index contributed by atoms with van der Waals surface area (Å²) < 4.78 is 5.87. The number of likely N-dealkylation sites (tertiary alicyclic amines) is 1. The third kappa shape index (κ3) is 4.09. The van der Waals surface area contributed by atoms with Gasteiger partial charge in [-0.25, -0.2) is 0 Å². The molecule has 23 heavy (non-hydrogen) atoms. The van der Waals surface area contributed by atoms with E-state index in [2.05, 4.69) is 24.0 Å². The highest BCUT2D eigenvalue weighted by atomic mass is 16.5. The number of aromatic nitrogens is 1. The summed E-state index contributed by atoms with van der Waals surface area (Å²) in [6.45, 7) is 4.38. The molecule has 1 aliphatic heterocycles. The van der Waals surface area contributed by atoms with Crippen LogP contribution in [-0.4, -0.2) is 35.5 Å². The Balaban J connectivity index is 1.47. The molecule has 120 valence electrons. The lowest BCUT2D eigenvalue weighted by atomic mass is 9.97. The van der Waals surface area contributed by atoms with Crippen LogP contribution in [0.3, 0.4) is 0 Å². The molecule has 3 rings (SSSR count). The summed E-state index contributed by atoms with van der Waals surface area (Å²) in [6, 6.07) is 11.7. The lowest BCUT2D eigenvalue weighted by Crippen LogP contribution is -2.39. The molecule has 1 aromatic heterocycles. The van der Waals surface area contributed by atoms with Crippen LogP contribution in [0.5, 0.6) is 5.75 Å². The van der Waals surface area contributed by atoms with E-state index in [-0.39, 0.29) is 5.91 Å². The van der Waals surface area contributed by atoms with Gasteiger partial charge in [0.2, 0.25) is 0 Å². The first-order chi connectivity index (χ1) is 11.2. The number of carbonyl (C=O) groups excluding carboxylic acids is 1. The van der Waals surface area contributed by atoms with Gasteiger partial charge >= 0.3 is 0 Å². The summed E-state index contributed by atoms with van der Waals surface area (Å²) in [7, 11) is 0. The number of benzene rings is 1. The van der Waals surface area contributed by atoms with Crippen molar-refractivity contribution in [3.63, 3.8) is 0 Å². The fourth-order valence-corrected chi connectivity index (χ4v) is 2.83. The van der Waals surface area contributed by atoms with Crippen molar-refractivity contribution >= 4 is 5.91 Å². The summed E-state index contributed by atoms with van der Waals surface area (Å²) in [5.41, 5.74) is 1.95. The molecule has 1 fully saturated rings. The molecule has 4 heteroatoms. The topological polar surface area (TPSA) is 42.4 Å². The number of ether oxygens (including phenoxy) is 1. The first kappa shape index (κ1) is 15.5. The zero-order chi connectivity index (χ0) is 16.1. The molecule has 0 saturated carbocycles. The highest BCUT2D eigenvalue weighted by Gasteiger charge is 2.23. The van der Waals surface area contributed by atoms with Crippen LogP contribution in [0, 0.1) is 12.8 Å². The van der Waals surface area contributed by atoms with E-state index < -0.39 is 0 Å². The van der Waals surface area contributed by atoms with Crippen molar-refractivity contribution in [1.29, 1.82) is 0 Å². The Morgan fingerprint density at radius 2 is 1.78 bits per heavy atom. The Hall–Kier alpha value is -2.36. The smallest absolute Gasteiger partial charge is 0.253 e. The lowest BCUT2D eigenvalue weighted by molar-refractivity contribution is 0.0661. The zero-order valence-electron chi connectivity index (χ0n) is 13.4. The van der Waals surface area contributed by atoms with Crippen LogP contribution >= 0.6 is 0 Å². The van der Waals surface area contributed by atoms with E-state index in [1.807, 2.05) is 17.0 Å². The molecule has 0 bridgehead atoms. The average molecular weight is 310 g/mol. The second-order valence-corrected chi connectivity index (χ2v) is 6.10. The quantitative estimate of drug-likeness (QED) is 0.870. The molecule has 2 heterocycles. The first-order valence-corrected chi connectivity index (χ1v) is 8.11. The molecule has 2 aromatic rings. The standard InChI is InChI=1S/C19H22N2O2/c1-15-2-4-18(5-3-15)23-14-16-8-12-21(13-9-16)19(22)17-6-10-20-11-7-17/h2-7,10-11,16H,8-9,12-14H2,1H3. The van der Waals surface area contributed by atoms with Gasteiger partial charge in [0.1, 0.15) is 5.75 Å². The van der Waals surface area contributed by atoms with Crippen LogP contribution in [0.2, 0.25) is 0 Å². The van der Waals surface area contributed by atoms with Crippen molar-refractivity contribution in [3.8, 4) is 5.75 Å². The van der Waals surface area contributed by atoms with E-state index in [1.165, 1.54) is 5.56 Å². The fourth-order valence-electron chi connectivity index (χ4n) is 2.83. The van der Waals surface area contributed by atoms with Crippen molar-refractivity contribution in [2.24, 2.45) is 5.92 Å². The number of nitrogens with zero attached hydrogens (tertiary/aromatic N) is 2. The van der Waals surface area contributed by atoms with Crippen LogP contribution in [-0.2, 0) is 0 Å². The number of amides is 1. The molecule has 0 N–H and O–H groups in total. The number of carbonyl (C=O) groups is 1. The molecule has 1 amide bonds. The molecule has 1 saturated heterocycles. The third-order valence-corrected chi connectivity index (χ3v) is 4.34. The first-order valence-electron chi connectivity index (χ1n) is 8.11. The maximum Gasteiger partial charge on any atom is 0.253 e. The van der Waals surface area contributed by atoms with Crippen molar-refractivity contribution in [2.75, 3.05) is 19.7 Å². The maximum absolute atomic E-state index is 12.4. The Morgan fingerprint density at radius 1 is 1.13 bits per heavy atom. The largest absolute Gasteiger partial charge is 0.493 e. The molecule has 0 atom stereocenters. The third-order valence-electron chi connectivity index (χ3n) is 4.34. The van der Waals surface area contributed by atoms with Gasteiger partial charge in [0.15, 0.2) is 0 Å². The predicted octanol–water partition coefficient (Wildman–Crippen LogP) is 3.32. The molecule has 0 aliphatic carbocycles. The Kier molecular flexibility index (Phi) is 4.91. The van der Waals surface area contributed by atoms with Crippen molar-refractivity contribution in [2.45, 2.75) is 19.8 Å². The van der Waals surface area contributed by atoms with Gasteiger partial charge in [-0.1, -0.05) is 17.7 Å². The average Bonchev–Trinajstić information content (AvgIpc) is 2.62. The van der Waals surface area contributed by atoms with Crippen LogP contribution < -0.4 is 4.74 Å². The van der Waals surface area contributed by atoms with Gasteiger partial charge in [-0.2, -0.15) is 0 Å². The highest BCUT2D eigenvalue weighted by Crippen LogP contribution is 2.21. The van der Waals surface area contributed by atoms with E-state index in [0.717, 1.165) is 38.3 Å². The van der Waals surface area contributed by atoms with E-state index >= 15 is 0 Å². The monoisotopic (exact) mass is 310 g/mol. The Labute approximate surface area is 137 Å². The second kappa shape index (κ2) is 7.27. The van der Waals surface area contributed by atoms with Crippen LogP contribution in [0.15, 0.2) is 48.8 Å². The highest BCUT2D eigenvalue weighted by molar-refractivity contribution is 5.94. The van der Waals surface area contributed by atoms with Gasteiger partial charge in [0.25, 0.3) is 5.91 Å². The van der Waals surface area contributed by atoms with Gasteiger partial charge in [-0.15, -0.1) is 0 Å². The Morgan fingerprint density at radius 3 is 2.43 bits per heavy atom. The van der Waals surface area contributed by atoms with E-state index in [0.29, 0.717) is 11.5 Å². The van der Waals surface area contributed by atoms with Gasteiger partial charge in [0, 0.05) is 31.0 Å². The number of rotatable bonds is 4. The van der Waals surface area contributed by atoms with Crippen molar-refractivity contribution in [1.82, 2.24) is 9.88 Å². The summed E-state index contributed by atoms with van der Waals surface area (Å²) in [5, 5.41) is 0. The summed E-state index contributed by atoms with van der Waals surface area (Å²) in [5.74, 6) is 1.54. The number of hydrogen-bond donors (Lipinski definition) is 0. The number of pyridine rings is 1. The summed E-state index contributed by atoms with van der Waals surface area (Å²) in [4.78, 5) is 18.3. The van der Waals surface area contributed by atoms with Crippen LogP contribution in [0.1, 0.15) is 28.8 Å². The normalized spacial score (nSPS) is 15.4. The molecule has 0 radical (unpaired) electrons. The molecule has 0 unspecified atom stereocenters. The minimum Gasteiger partial charge on any atom is -0.493 e. The second-order valence-electron chi connectivity index (χ2n) is 6.10. The molecule has 0 spiro atoms. The van der Waals surface area contributed by atoms with E-state index in [9.17, 15) is 4.79 Å². The number of piperidine rings is 1. The predicted molar refractivity (Wildman–Crippen MR) is 89.5 cm³/mol. The summed E-state index contributed by atoms with van der Waals surface area (Å²) >= 11 is 0. The van der Waals surface area contributed by atoms with Crippen LogP contribution in [0.4, 0.5) is 0 Å². The van der Waals surface area contributed by atoms with Gasteiger partial charge in [-0.05, 0) is 49.9 Å². The van der Waals surface area contributed by atoms with Crippen molar-refractivity contribution < 1.29 is 9.53 Å². The number of hydrogen-bond acceptors (Lipinski definition) is 3. The molecule has 1 aliphatic rings. The van der Waals surface area contributed by atoms with Crippen molar-refractivity contribution in [3.05, 3.63) is 59.9 Å². The van der Waals surface area contributed by atoms with Crippen LogP contribution in [0.25, 0.3) is 0 Å². The molecule has 4 nitrogen and oxygen atoms in total. The molecular weight excluding hydrogens is 288 g/mol. The molecular formula is C19H22N2O2. The zero-order valence-corrected chi connectivity index (χ0v) is 13.4. The summed E-state index contributed by atoms with van der Waals surface area (Å²) in [6.07, 6.45) is 5.30. The van der Waals surface area contributed by atoms with Gasteiger partial charge < -0.3 is 9.64 Å². The Bertz CT molecular complexity index is 632.